The molecular formula is C23H21N7O2. The molecule has 0 unspecified atom stereocenters. The molecule has 1 aliphatic carbocycles. The van der Waals surface area contributed by atoms with Gasteiger partial charge in [0.2, 0.25) is 5.91 Å². The Kier molecular flexibility index (Phi) is 5.18. The molecule has 0 bridgehead atoms. The lowest BCUT2D eigenvalue weighted by atomic mass is 10.1. The lowest BCUT2D eigenvalue weighted by molar-refractivity contribution is -0.117. The van der Waals surface area contributed by atoms with E-state index in [2.05, 4.69) is 32.4 Å². The average Bonchev–Trinajstić information content (AvgIpc) is 3.44. The average molecular weight is 427 g/mol. The molecule has 2 aliphatic rings. The number of carbonyl (C=O) groups excluding carboxylic acids is 1. The predicted molar refractivity (Wildman–Crippen MR) is 116 cm³/mol. The van der Waals surface area contributed by atoms with Gasteiger partial charge in [0.25, 0.3) is 0 Å². The summed E-state index contributed by atoms with van der Waals surface area (Å²) in [5.74, 6) is 1.24. The molecule has 0 spiro atoms. The minimum atomic E-state index is -0.0419. The maximum Gasteiger partial charge on any atom is 0.228 e. The number of ether oxygens (including phenoxy) is 1. The number of likely N-dealkylation sites (tertiary alicyclic amines) is 1. The van der Waals surface area contributed by atoms with E-state index in [1.165, 1.54) is 0 Å². The molecular weight excluding hydrogens is 406 g/mol. The van der Waals surface area contributed by atoms with Crippen LogP contribution in [-0.2, 0) is 4.79 Å². The van der Waals surface area contributed by atoms with Crippen molar-refractivity contribution in [2.24, 2.45) is 5.92 Å². The third kappa shape index (κ3) is 4.11. The number of pyridine rings is 2. The minimum Gasteiger partial charge on any atom is -0.487 e. The number of nitrogens with zero attached hydrogens (tertiary/aromatic N) is 6. The Morgan fingerprint density at radius 1 is 1.25 bits per heavy atom. The maximum absolute atomic E-state index is 12.0. The molecule has 1 aliphatic heterocycles. The van der Waals surface area contributed by atoms with E-state index in [-0.39, 0.29) is 17.9 Å². The van der Waals surface area contributed by atoms with Crippen LogP contribution < -0.4 is 10.1 Å². The fraction of sp³-hybridized carbons (Fsp3) is 0.348. The Morgan fingerprint density at radius 3 is 2.91 bits per heavy atom. The van der Waals surface area contributed by atoms with Crippen LogP contribution >= 0.6 is 0 Å². The number of hydrogen-bond donors (Lipinski definition) is 1. The van der Waals surface area contributed by atoms with E-state index >= 15 is 0 Å². The topological polar surface area (TPSA) is 119 Å². The third-order valence-electron chi connectivity index (χ3n) is 5.77. The molecule has 1 saturated carbocycles. The molecule has 32 heavy (non-hydrogen) atoms. The summed E-state index contributed by atoms with van der Waals surface area (Å²) in [6.45, 7) is 1.88. The largest absolute Gasteiger partial charge is 0.487 e. The van der Waals surface area contributed by atoms with Crippen LogP contribution in [0, 0.1) is 28.6 Å². The van der Waals surface area contributed by atoms with Crippen LogP contribution in [-0.4, -0.2) is 51.1 Å². The standard InChI is InChI=1S/C23H21N7O2/c24-5-8-29-6-4-19(14-29)32-21-13-26-17(12-25)10-20(21)16-3-7-30-18(9-16)11-22(28-30)27-23(31)15-1-2-15/h3,7,9-11,13,15,19H,1-2,4,6,8,14H2,(H,27,28,31)/t19-/m0/s1. The molecule has 0 aromatic carbocycles. The minimum absolute atomic E-state index is 0.0131. The van der Waals surface area contributed by atoms with Gasteiger partial charge in [0, 0.05) is 36.8 Å². The molecule has 0 radical (unpaired) electrons. The van der Waals surface area contributed by atoms with Gasteiger partial charge in [-0.3, -0.25) is 9.69 Å². The van der Waals surface area contributed by atoms with Gasteiger partial charge in [0.15, 0.2) is 5.82 Å². The predicted octanol–water partition coefficient (Wildman–Crippen LogP) is 2.59. The van der Waals surface area contributed by atoms with Crippen molar-refractivity contribution in [3.63, 3.8) is 0 Å². The number of carbonyl (C=O) groups is 1. The molecule has 1 saturated heterocycles. The van der Waals surface area contributed by atoms with Gasteiger partial charge < -0.3 is 10.1 Å². The first-order valence-electron chi connectivity index (χ1n) is 10.6. The molecule has 9 heteroatoms. The van der Waals surface area contributed by atoms with Crippen LogP contribution in [0.15, 0.2) is 36.7 Å². The van der Waals surface area contributed by atoms with Gasteiger partial charge in [-0.25, -0.2) is 9.50 Å². The van der Waals surface area contributed by atoms with Gasteiger partial charge in [-0.1, -0.05) is 0 Å². The fourth-order valence-corrected chi connectivity index (χ4v) is 3.94. The van der Waals surface area contributed by atoms with Gasteiger partial charge in [0.1, 0.15) is 23.6 Å². The lowest BCUT2D eigenvalue weighted by Crippen LogP contribution is -2.25. The SMILES string of the molecule is N#CCN1CC[C@H](Oc2cnc(C#N)cc2-c2ccn3nc(NC(=O)C4CC4)cc3c2)C1. The Bertz CT molecular complexity index is 1270. The first-order valence-corrected chi connectivity index (χ1v) is 10.6. The Balaban J connectivity index is 1.43. The zero-order valence-corrected chi connectivity index (χ0v) is 17.4. The van der Waals surface area contributed by atoms with Crippen molar-refractivity contribution in [3.8, 4) is 29.0 Å². The van der Waals surface area contributed by atoms with Crippen molar-refractivity contribution >= 4 is 17.2 Å². The number of nitriles is 2. The highest BCUT2D eigenvalue weighted by Gasteiger charge is 2.30. The van der Waals surface area contributed by atoms with E-state index in [0.717, 1.165) is 42.5 Å². The van der Waals surface area contributed by atoms with Gasteiger partial charge in [0.05, 0.1) is 24.3 Å². The number of amides is 1. The second-order valence-electron chi connectivity index (χ2n) is 8.18. The molecule has 1 amide bonds. The Labute approximate surface area is 184 Å². The fourth-order valence-electron chi connectivity index (χ4n) is 3.94. The van der Waals surface area contributed by atoms with Crippen LogP contribution in [0.3, 0.4) is 0 Å². The second kappa shape index (κ2) is 8.29. The molecule has 3 aromatic rings. The van der Waals surface area contributed by atoms with Crippen molar-refractivity contribution in [2.75, 3.05) is 25.0 Å². The van der Waals surface area contributed by atoms with E-state index in [1.807, 2.05) is 24.4 Å². The molecule has 160 valence electrons. The highest BCUT2D eigenvalue weighted by Crippen LogP contribution is 2.33. The quantitative estimate of drug-likeness (QED) is 0.601. The number of rotatable bonds is 6. The van der Waals surface area contributed by atoms with Crippen LogP contribution in [0.1, 0.15) is 25.0 Å². The molecule has 3 aromatic heterocycles. The van der Waals surface area contributed by atoms with Crippen molar-refractivity contribution in [3.05, 3.63) is 42.4 Å². The van der Waals surface area contributed by atoms with Crippen LogP contribution in [0.4, 0.5) is 5.82 Å². The van der Waals surface area contributed by atoms with Gasteiger partial charge >= 0.3 is 0 Å². The summed E-state index contributed by atoms with van der Waals surface area (Å²) >= 11 is 0. The van der Waals surface area contributed by atoms with E-state index in [1.54, 1.807) is 16.8 Å². The van der Waals surface area contributed by atoms with E-state index in [0.29, 0.717) is 30.4 Å². The van der Waals surface area contributed by atoms with Crippen LogP contribution in [0.2, 0.25) is 0 Å². The molecule has 1 atom stereocenters. The number of hydrogen-bond acceptors (Lipinski definition) is 7. The summed E-state index contributed by atoms with van der Waals surface area (Å²) in [5.41, 5.74) is 2.74. The summed E-state index contributed by atoms with van der Waals surface area (Å²) < 4.78 is 7.94. The molecule has 9 nitrogen and oxygen atoms in total. The number of anilines is 1. The summed E-state index contributed by atoms with van der Waals surface area (Å²) in [7, 11) is 0. The van der Waals surface area contributed by atoms with Crippen molar-refractivity contribution in [2.45, 2.75) is 25.4 Å². The van der Waals surface area contributed by atoms with E-state index < -0.39 is 0 Å². The normalized spacial score (nSPS) is 18.2. The van der Waals surface area contributed by atoms with Crippen LogP contribution in [0.25, 0.3) is 16.6 Å². The molecule has 1 N–H and O–H groups in total. The van der Waals surface area contributed by atoms with Crippen molar-refractivity contribution in [1.82, 2.24) is 19.5 Å². The number of aromatic nitrogens is 3. The van der Waals surface area contributed by atoms with Crippen LogP contribution in [0.5, 0.6) is 5.75 Å². The molecule has 2 fully saturated rings. The van der Waals surface area contributed by atoms with E-state index in [4.69, 9.17) is 10.00 Å². The zero-order chi connectivity index (χ0) is 22.1. The summed E-state index contributed by atoms with van der Waals surface area (Å²) in [5, 5.41) is 25.5. The molecule has 5 rings (SSSR count). The third-order valence-corrected chi connectivity index (χ3v) is 5.77. The number of fused-ring (bicyclic) bond motifs is 1. The first-order chi connectivity index (χ1) is 15.6. The van der Waals surface area contributed by atoms with Gasteiger partial charge in [-0.05, 0) is 43.0 Å². The van der Waals surface area contributed by atoms with Crippen molar-refractivity contribution in [1.29, 1.82) is 10.5 Å². The zero-order valence-electron chi connectivity index (χ0n) is 17.4. The van der Waals surface area contributed by atoms with Gasteiger partial charge in [-0.15, -0.1) is 0 Å². The molecule has 4 heterocycles. The summed E-state index contributed by atoms with van der Waals surface area (Å²) in [4.78, 5) is 18.3. The van der Waals surface area contributed by atoms with Crippen molar-refractivity contribution < 1.29 is 9.53 Å². The lowest BCUT2D eigenvalue weighted by Gasteiger charge is -2.17. The number of nitrogens with one attached hydrogen (secondary N) is 1. The monoisotopic (exact) mass is 427 g/mol. The second-order valence-corrected chi connectivity index (χ2v) is 8.18. The van der Waals surface area contributed by atoms with E-state index in [9.17, 15) is 10.1 Å². The van der Waals surface area contributed by atoms with Gasteiger partial charge in [-0.2, -0.15) is 15.6 Å². The maximum atomic E-state index is 12.0. The highest BCUT2D eigenvalue weighted by molar-refractivity contribution is 5.93. The summed E-state index contributed by atoms with van der Waals surface area (Å²) in [6.07, 6.45) is 6.06. The highest BCUT2D eigenvalue weighted by atomic mass is 16.5. The Morgan fingerprint density at radius 2 is 2.12 bits per heavy atom. The smallest absolute Gasteiger partial charge is 0.228 e. The first kappa shape index (κ1) is 20.0. The summed E-state index contributed by atoms with van der Waals surface area (Å²) in [6, 6.07) is 11.6. The Hall–Kier alpha value is -3.95.